The highest BCUT2D eigenvalue weighted by Gasteiger charge is 2.00. The second kappa shape index (κ2) is 9.23. The molecule has 0 saturated heterocycles. The van der Waals surface area contributed by atoms with Gasteiger partial charge in [0, 0.05) is 11.9 Å². The van der Waals surface area contributed by atoms with Gasteiger partial charge in [-0.25, -0.2) is 0 Å². The Labute approximate surface area is 110 Å². The SMILES string of the molecule is CC.CCC.CCn1ncc2cc(C#N)ccc21. The fourth-order valence-corrected chi connectivity index (χ4v) is 1.41. The highest BCUT2D eigenvalue weighted by molar-refractivity contribution is 5.80. The Morgan fingerprint density at radius 2 is 1.83 bits per heavy atom. The van der Waals surface area contributed by atoms with Crippen LogP contribution in [0, 0.1) is 11.3 Å². The van der Waals surface area contributed by atoms with E-state index in [4.69, 9.17) is 5.26 Å². The van der Waals surface area contributed by atoms with Crippen LogP contribution in [0.3, 0.4) is 0 Å². The van der Waals surface area contributed by atoms with E-state index in [-0.39, 0.29) is 0 Å². The number of fused-ring (bicyclic) bond motifs is 1. The zero-order valence-electron chi connectivity index (χ0n) is 12.1. The molecule has 0 unspecified atom stereocenters. The van der Waals surface area contributed by atoms with E-state index >= 15 is 0 Å². The number of rotatable bonds is 1. The lowest BCUT2D eigenvalue weighted by Gasteiger charge is -1.97. The van der Waals surface area contributed by atoms with E-state index in [2.05, 4.69) is 25.0 Å². The Kier molecular flexibility index (Phi) is 8.30. The van der Waals surface area contributed by atoms with E-state index in [1.54, 1.807) is 6.20 Å². The molecule has 1 heterocycles. The first kappa shape index (κ1) is 16.2. The maximum absolute atomic E-state index is 8.68. The summed E-state index contributed by atoms with van der Waals surface area (Å²) in [7, 11) is 0. The quantitative estimate of drug-likeness (QED) is 0.748. The highest BCUT2D eigenvalue weighted by atomic mass is 15.3. The smallest absolute Gasteiger partial charge is 0.0991 e. The molecule has 3 heteroatoms. The molecule has 3 nitrogen and oxygen atoms in total. The third kappa shape index (κ3) is 4.21. The summed E-state index contributed by atoms with van der Waals surface area (Å²) in [5.41, 5.74) is 1.77. The van der Waals surface area contributed by atoms with Crippen molar-refractivity contribution in [1.82, 2.24) is 9.78 Å². The van der Waals surface area contributed by atoms with Crippen molar-refractivity contribution in [2.45, 2.75) is 47.6 Å². The van der Waals surface area contributed by atoms with Crippen molar-refractivity contribution in [3.05, 3.63) is 30.0 Å². The van der Waals surface area contributed by atoms with Gasteiger partial charge in [0.1, 0.15) is 0 Å². The summed E-state index contributed by atoms with van der Waals surface area (Å²) >= 11 is 0. The van der Waals surface area contributed by atoms with Crippen molar-refractivity contribution in [1.29, 1.82) is 5.26 Å². The largest absolute Gasteiger partial charge is 0.265 e. The summed E-state index contributed by atoms with van der Waals surface area (Å²) in [5, 5.41) is 13.9. The molecule has 0 saturated carbocycles. The molecule has 0 aliphatic heterocycles. The average Bonchev–Trinajstić information content (AvgIpc) is 2.83. The third-order valence-corrected chi connectivity index (χ3v) is 2.07. The molecule has 1 aromatic carbocycles. The van der Waals surface area contributed by atoms with Gasteiger partial charge in [-0.2, -0.15) is 10.4 Å². The van der Waals surface area contributed by atoms with Gasteiger partial charge >= 0.3 is 0 Å². The van der Waals surface area contributed by atoms with Crippen molar-refractivity contribution in [2.75, 3.05) is 0 Å². The predicted molar refractivity (Wildman–Crippen MR) is 77.4 cm³/mol. The summed E-state index contributed by atoms with van der Waals surface area (Å²) in [5.74, 6) is 0. The third-order valence-electron chi connectivity index (χ3n) is 2.07. The Balaban J connectivity index is 0.000000509. The molecule has 0 aliphatic rings. The van der Waals surface area contributed by atoms with E-state index in [0.717, 1.165) is 17.4 Å². The van der Waals surface area contributed by atoms with Gasteiger partial charge in [0.05, 0.1) is 23.3 Å². The minimum absolute atomic E-state index is 0.683. The van der Waals surface area contributed by atoms with E-state index in [1.165, 1.54) is 6.42 Å². The van der Waals surface area contributed by atoms with Crippen LogP contribution < -0.4 is 0 Å². The topological polar surface area (TPSA) is 41.6 Å². The molecule has 2 aromatic rings. The molecule has 0 N–H and O–H groups in total. The number of aromatic nitrogens is 2. The fraction of sp³-hybridized carbons (Fsp3) is 0.467. The molecule has 0 radical (unpaired) electrons. The molecule has 0 amide bonds. The molecule has 2 rings (SSSR count). The van der Waals surface area contributed by atoms with Crippen LogP contribution in [0.2, 0.25) is 0 Å². The van der Waals surface area contributed by atoms with Gasteiger partial charge < -0.3 is 0 Å². The standard InChI is InChI=1S/C10H9N3.C3H8.C2H6/c1-2-13-10-4-3-8(6-11)5-9(10)7-12-13;1-3-2;1-2/h3-5,7H,2H2,1H3;3H2,1-2H3;1-2H3. The minimum Gasteiger partial charge on any atom is -0.265 e. The number of nitrogens with zero attached hydrogens (tertiary/aromatic N) is 3. The fourth-order valence-electron chi connectivity index (χ4n) is 1.41. The molecule has 0 bridgehead atoms. The van der Waals surface area contributed by atoms with E-state index in [1.807, 2.05) is 43.7 Å². The molecule has 0 aliphatic carbocycles. The lowest BCUT2D eigenvalue weighted by molar-refractivity contribution is 0.684. The molecule has 98 valence electrons. The summed E-state index contributed by atoms with van der Waals surface area (Å²) in [6.07, 6.45) is 3.04. The molecular weight excluding hydrogens is 222 g/mol. The van der Waals surface area contributed by atoms with Crippen LogP contribution in [0.5, 0.6) is 0 Å². The van der Waals surface area contributed by atoms with Crippen LogP contribution in [0.1, 0.15) is 46.6 Å². The van der Waals surface area contributed by atoms with E-state index < -0.39 is 0 Å². The number of hydrogen-bond donors (Lipinski definition) is 0. The zero-order chi connectivity index (χ0) is 14.0. The van der Waals surface area contributed by atoms with Crippen molar-refractivity contribution < 1.29 is 0 Å². The van der Waals surface area contributed by atoms with Crippen molar-refractivity contribution in [3.63, 3.8) is 0 Å². The van der Waals surface area contributed by atoms with E-state index in [9.17, 15) is 0 Å². The maximum atomic E-state index is 8.68. The molecular formula is C15H23N3. The lowest BCUT2D eigenvalue weighted by atomic mass is 10.2. The molecule has 0 fully saturated rings. The Bertz CT molecular complexity index is 492. The number of benzene rings is 1. The number of hydrogen-bond acceptors (Lipinski definition) is 2. The van der Waals surface area contributed by atoms with Gasteiger partial charge in [-0.3, -0.25) is 4.68 Å². The Hall–Kier alpha value is -1.82. The van der Waals surface area contributed by atoms with Gasteiger partial charge in [-0.1, -0.05) is 34.1 Å². The predicted octanol–water partition coefficient (Wildman–Crippen LogP) is 4.37. The monoisotopic (exact) mass is 245 g/mol. The van der Waals surface area contributed by atoms with Crippen LogP contribution in [0.4, 0.5) is 0 Å². The van der Waals surface area contributed by atoms with Crippen LogP contribution in [-0.4, -0.2) is 9.78 Å². The second-order valence-corrected chi connectivity index (χ2v) is 3.55. The Morgan fingerprint density at radius 1 is 1.22 bits per heavy atom. The van der Waals surface area contributed by atoms with Gasteiger partial charge in [0.25, 0.3) is 0 Å². The lowest BCUT2D eigenvalue weighted by Crippen LogP contribution is -1.94. The highest BCUT2D eigenvalue weighted by Crippen LogP contribution is 2.14. The zero-order valence-corrected chi connectivity index (χ0v) is 12.1. The normalized spacial score (nSPS) is 8.67. The summed E-state index contributed by atoms with van der Waals surface area (Å²) in [6.45, 7) is 11.2. The number of aryl methyl sites for hydroxylation is 1. The van der Waals surface area contributed by atoms with E-state index in [0.29, 0.717) is 5.56 Å². The van der Waals surface area contributed by atoms with Gasteiger partial charge in [-0.05, 0) is 25.1 Å². The first-order valence-corrected chi connectivity index (χ1v) is 6.62. The first-order chi connectivity index (χ1) is 8.76. The molecule has 18 heavy (non-hydrogen) atoms. The Morgan fingerprint density at radius 3 is 2.33 bits per heavy atom. The summed E-state index contributed by atoms with van der Waals surface area (Å²) < 4.78 is 1.91. The van der Waals surface area contributed by atoms with Gasteiger partial charge in [0.15, 0.2) is 0 Å². The number of nitriles is 1. The molecule has 1 aromatic heterocycles. The summed E-state index contributed by atoms with van der Waals surface area (Å²) in [6, 6.07) is 7.72. The van der Waals surface area contributed by atoms with Crippen LogP contribution in [0.25, 0.3) is 10.9 Å². The van der Waals surface area contributed by atoms with Gasteiger partial charge in [-0.15, -0.1) is 0 Å². The van der Waals surface area contributed by atoms with Crippen LogP contribution in [0.15, 0.2) is 24.4 Å². The van der Waals surface area contributed by atoms with Crippen LogP contribution in [-0.2, 0) is 6.54 Å². The first-order valence-electron chi connectivity index (χ1n) is 6.62. The second-order valence-electron chi connectivity index (χ2n) is 3.55. The van der Waals surface area contributed by atoms with Crippen molar-refractivity contribution >= 4 is 10.9 Å². The molecule has 0 spiro atoms. The summed E-state index contributed by atoms with van der Waals surface area (Å²) in [4.78, 5) is 0. The minimum atomic E-state index is 0.683. The van der Waals surface area contributed by atoms with Crippen molar-refractivity contribution in [3.8, 4) is 6.07 Å². The van der Waals surface area contributed by atoms with Crippen molar-refractivity contribution in [2.24, 2.45) is 0 Å². The molecule has 0 atom stereocenters. The van der Waals surface area contributed by atoms with Gasteiger partial charge in [0.2, 0.25) is 0 Å². The van der Waals surface area contributed by atoms with Crippen LogP contribution >= 0.6 is 0 Å². The maximum Gasteiger partial charge on any atom is 0.0991 e. The average molecular weight is 245 g/mol.